The molecule has 1 unspecified atom stereocenters. The molecule has 0 saturated carbocycles. The fourth-order valence-corrected chi connectivity index (χ4v) is 5.00. The van der Waals surface area contributed by atoms with E-state index >= 15 is 0 Å². The number of hydrogen-bond acceptors (Lipinski definition) is 5. The Kier molecular flexibility index (Phi) is 5.04. The second-order valence-electron chi connectivity index (χ2n) is 5.68. The Hall–Kier alpha value is -0.930. The third-order valence-electron chi connectivity index (χ3n) is 3.90. The summed E-state index contributed by atoms with van der Waals surface area (Å²) < 4.78 is 25.4. The average Bonchev–Trinajstić information content (AvgIpc) is 2.95. The number of fused-ring (bicyclic) bond motifs is 1. The maximum absolute atomic E-state index is 12.5. The SMILES string of the molecule is CS(=O)(=O)N1CCCC(C(=O)Nc2nc3c(Cl)ccc(Cl)c3s2)C1. The zero-order valence-corrected chi connectivity index (χ0v) is 15.9. The number of carbonyl (C=O) groups excluding carboxylic acids is 1. The molecule has 1 aromatic carbocycles. The van der Waals surface area contributed by atoms with Gasteiger partial charge in [-0.1, -0.05) is 34.5 Å². The van der Waals surface area contributed by atoms with Crippen LogP contribution in [0.1, 0.15) is 12.8 Å². The van der Waals surface area contributed by atoms with Crippen LogP contribution < -0.4 is 5.32 Å². The van der Waals surface area contributed by atoms with Crippen molar-refractivity contribution in [1.82, 2.24) is 9.29 Å². The number of anilines is 1. The van der Waals surface area contributed by atoms with Gasteiger partial charge in [-0.3, -0.25) is 4.79 Å². The summed E-state index contributed by atoms with van der Waals surface area (Å²) in [5, 5.41) is 4.15. The molecule has 1 aliphatic rings. The van der Waals surface area contributed by atoms with Gasteiger partial charge in [0.15, 0.2) is 5.13 Å². The van der Waals surface area contributed by atoms with E-state index in [1.54, 1.807) is 12.1 Å². The highest BCUT2D eigenvalue weighted by atomic mass is 35.5. The van der Waals surface area contributed by atoms with Gasteiger partial charge in [-0.2, -0.15) is 0 Å². The molecule has 1 aliphatic heterocycles. The number of sulfonamides is 1. The van der Waals surface area contributed by atoms with E-state index in [4.69, 9.17) is 23.2 Å². The van der Waals surface area contributed by atoms with Crippen molar-refractivity contribution in [2.45, 2.75) is 12.8 Å². The van der Waals surface area contributed by atoms with Crippen LogP contribution in [0.3, 0.4) is 0 Å². The second kappa shape index (κ2) is 6.76. The Labute approximate surface area is 153 Å². The van der Waals surface area contributed by atoms with Crippen molar-refractivity contribution in [1.29, 1.82) is 0 Å². The highest BCUT2D eigenvalue weighted by Gasteiger charge is 2.30. The number of thiazole rings is 1. The number of hydrogen-bond donors (Lipinski definition) is 1. The number of benzene rings is 1. The molecule has 6 nitrogen and oxygen atoms in total. The Balaban J connectivity index is 1.77. The highest BCUT2D eigenvalue weighted by Crippen LogP contribution is 2.36. The molecule has 1 saturated heterocycles. The Morgan fingerprint density at radius 1 is 1.38 bits per heavy atom. The van der Waals surface area contributed by atoms with Crippen molar-refractivity contribution < 1.29 is 13.2 Å². The molecule has 2 heterocycles. The molecule has 0 bridgehead atoms. The molecular weight excluding hydrogens is 393 g/mol. The number of halogens is 2. The average molecular weight is 408 g/mol. The number of rotatable bonds is 3. The molecule has 1 atom stereocenters. The molecular formula is C14H15Cl2N3O3S2. The number of piperidine rings is 1. The van der Waals surface area contributed by atoms with Crippen molar-refractivity contribution in [2.24, 2.45) is 5.92 Å². The standard InChI is InChI=1S/C14H15Cl2N3O3S2/c1-24(21,22)19-6-2-3-8(7-19)13(20)18-14-17-11-9(15)4-5-10(16)12(11)23-14/h4-5,8H,2-3,6-7H2,1H3,(H,17,18,20). The summed E-state index contributed by atoms with van der Waals surface area (Å²) in [7, 11) is -3.29. The van der Waals surface area contributed by atoms with Crippen LogP contribution in [0.4, 0.5) is 5.13 Å². The van der Waals surface area contributed by atoms with Crippen molar-refractivity contribution >= 4 is 65.8 Å². The lowest BCUT2D eigenvalue weighted by molar-refractivity contribution is -0.120. The second-order valence-corrected chi connectivity index (χ2v) is 9.47. The predicted octanol–water partition coefficient (Wildman–Crippen LogP) is 3.21. The normalized spacial score (nSPS) is 19.5. The first-order chi connectivity index (χ1) is 11.3. The molecule has 1 aromatic heterocycles. The minimum absolute atomic E-state index is 0.192. The molecule has 0 aliphatic carbocycles. The Morgan fingerprint density at radius 2 is 2.08 bits per heavy atom. The van der Waals surface area contributed by atoms with Gasteiger partial charge in [0.2, 0.25) is 15.9 Å². The first-order valence-electron chi connectivity index (χ1n) is 7.26. The number of nitrogens with one attached hydrogen (secondary N) is 1. The van der Waals surface area contributed by atoms with E-state index in [0.717, 1.165) is 6.26 Å². The third kappa shape index (κ3) is 3.67. The fourth-order valence-electron chi connectivity index (χ4n) is 2.66. The first kappa shape index (κ1) is 17.9. The topological polar surface area (TPSA) is 79.4 Å². The first-order valence-corrected chi connectivity index (χ1v) is 10.7. The minimum Gasteiger partial charge on any atom is -0.302 e. The van der Waals surface area contributed by atoms with Gasteiger partial charge < -0.3 is 5.32 Å². The quantitative estimate of drug-likeness (QED) is 0.846. The van der Waals surface area contributed by atoms with Crippen LogP contribution >= 0.6 is 34.5 Å². The van der Waals surface area contributed by atoms with Crippen LogP contribution in [-0.4, -0.2) is 43.0 Å². The van der Waals surface area contributed by atoms with Gasteiger partial charge in [0.1, 0.15) is 5.52 Å². The summed E-state index contributed by atoms with van der Waals surface area (Å²) in [5.41, 5.74) is 0.547. The molecule has 130 valence electrons. The molecule has 1 amide bonds. The van der Waals surface area contributed by atoms with Crippen LogP contribution in [-0.2, 0) is 14.8 Å². The van der Waals surface area contributed by atoms with Gasteiger partial charge in [-0.05, 0) is 25.0 Å². The molecule has 10 heteroatoms. The van der Waals surface area contributed by atoms with Crippen molar-refractivity contribution in [2.75, 3.05) is 24.7 Å². The molecule has 0 radical (unpaired) electrons. The maximum atomic E-state index is 12.5. The summed E-state index contributed by atoms with van der Waals surface area (Å²) in [4.78, 5) is 16.8. The van der Waals surface area contributed by atoms with Crippen molar-refractivity contribution in [3.8, 4) is 0 Å². The number of carbonyl (C=O) groups is 1. The Morgan fingerprint density at radius 3 is 2.75 bits per heavy atom. The predicted molar refractivity (Wildman–Crippen MR) is 97.4 cm³/mol. The van der Waals surface area contributed by atoms with Crippen molar-refractivity contribution in [3.63, 3.8) is 0 Å². The van der Waals surface area contributed by atoms with E-state index in [0.29, 0.717) is 44.8 Å². The molecule has 2 aromatic rings. The minimum atomic E-state index is -3.29. The van der Waals surface area contributed by atoms with Crippen LogP contribution in [0.5, 0.6) is 0 Å². The molecule has 1 N–H and O–H groups in total. The van der Waals surface area contributed by atoms with Gasteiger partial charge in [-0.25, -0.2) is 17.7 Å². The van der Waals surface area contributed by atoms with E-state index in [-0.39, 0.29) is 12.5 Å². The third-order valence-corrected chi connectivity index (χ3v) is 6.91. The largest absolute Gasteiger partial charge is 0.302 e. The van der Waals surface area contributed by atoms with Gasteiger partial charge in [0, 0.05) is 13.1 Å². The van der Waals surface area contributed by atoms with Crippen LogP contribution in [0.15, 0.2) is 12.1 Å². The lowest BCUT2D eigenvalue weighted by atomic mass is 9.99. The molecule has 3 rings (SSSR count). The number of aromatic nitrogens is 1. The van der Waals surface area contributed by atoms with E-state index in [1.165, 1.54) is 15.6 Å². The van der Waals surface area contributed by atoms with Gasteiger partial charge in [0.05, 0.1) is 26.9 Å². The fraction of sp³-hybridized carbons (Fsp3) is 0.429. The van der Waals surface area contributed by atoms with E-state index in [1.807, 2.05) is 0 Å². The highest BCUT2D eigenvalue weighted by molar-refractivity contribution is 7.88. The molecule has 1 fully saturated rings. The number of nitrogens with zero attached hydrogens (tertiary/aromatic N) is 2. The lowest BCUT2D eigenvalue weighted by Crippen LogP contribution is -2.43. The zero-order chi connectivity index (χ0) is 17.5. The molecule has 0 spiro atoms. The number of amides is 1. The van der Waals surface area contributed by atoms with E-state index in [2.05, 4.69) is 10.3 Å². The Bertz CT molecular complexity index is 859. The maximum Gasteiger partial charge on any atom is 0.230 e. The summed E-state index contributed by atoms with van der Waals surface area (Å²) in [5.74, 6) is -0.638. The van der Waals surface area contributed by atoms with E-state index in [9.17, 15) is 13.2 Å². The monoisotopic (exact) mass is 407 g/mol. The summed E-state index contributed by atoms with van der Waals surface area (Å²) in [6.45, 7) is 0.645. The van der Waals surface area contributed by atoms with Gasteiger partial charge in [0.25, 0.3) is 0 Å². The van der Waals surface area contributed by atoms with Gasteiger partial charge >= 0.3 is 0 Å². The van der Waals surface area contributed by atoms with Crippen LogP contribution in [0.25, 0.3) is 10.2 Å². The smallest absolute Gasteiger partial charge is 0.230 e. The van der Waals surface area contributed by atoms with Crippen molar-refractivity contribution in [3.05, 3.63) is 22.2 Å². The van der Waals surface area contributed by atoms with Crippen LogP contribution in [0, 0.1) is 5.92 Å². The molecule has 24 heavy (non-hydrogen) atoms. The van der Waals surface area contributed by atoms with E-state index < -0.39 is 15.9 Å². The summed E-state index contributed by atoms with van der Waals surface area (Å²) >= 11 is 13.5. The van der Waals surface area contributed by atoms with Gasteiger partial charge in [-0.15, -0.1) is 0 Å². The summed E-state index contributed by atoms with van der Waals surface area (Å²) in [6.07, 6.45) is 2.46. The zero-order valence-electron chi connectivity index (χ0n) is 12.8. The lowest BCUT2D eigenvalue weighted by Gasteiger charge is -2.29. The summed E-state index contributed by atoms with van der Waals surface area (Å²) in [6, 6.07) is 3.34. The van der Waals surface area contributed by atoms with Crippen LogP contribution in [0.2, 0.25) is 10.0 Å².